The summed E-state index contributed by atoms with van der Waals surface area (Å²) in [5, 5.41) is 23.5. The van der Waals surface area contributed by atoms with Gasteiger partial charge in [0.1, 0.15) is 6.23 Å². The molecule has 8 heteroatoms. The van der Waals surface area contributed by atoms with E-state index in [1.165, 1.54) is 11.3 Å². The van der Waals surface area contributed by atoms with Crippen LogP contribution in [0.4, 0.5) is 17.1 Å². The smallest absolute Gasteiger partial charge is 0.303 e. The van der Waals surface area contributed by atoms with Crippen LogP contribution in [0.1, 0.15) is 49.6 Å². The maximum Gasteiger partial charge on any atom is 0.303 e. The van der Waals surface area contributed by atoms with Gasteiger partial charge in [0.25, 0.3) is 0 Å². The van der Waals surface area contributed by atoms with Crippen LogP contribution in [0.3, 0.4) is 0 Å². The van der Waals surface area contributed by atoms with Gasteiger partial charge in [0.05, 0.1) is 17.2 Å². The zero-order valence-electron chi connectivity index (χ0n) is 23.3. The molecule has 0 spiro atoms. The van der Waals surface area contributed by atoms with E-state index in [2.05, 4.69) is 51.3 Å². The van der Waals surface area contributed by atoms with Crippen LogP contribution in [0.5, 0.6) is 0 Å². The van der Waals surface area contributed by atoms with E-state index in [9.17, 15) is 9.90 Å². The van der Waals surface area contributed by atoms with Crippen LogP contribution in [0, 0.1) is 0 Å². The fourth-order valence-corrected chi connectivity index (χ4v) is 4.70. The number of carboxylic acid groups (broad SMARTS) is 1. The second-order valence-electron chi connectivity index (χ2n) is 9.95. The summed E-state index contributed by atoms with van der Waals surface area (Å²) in [6, 6.07) is 24.4. The molecule has 1 atom stereocenters. The number of hydrogen-bond donors (Lipinski definition) is 3. The van der Waals surface area contributed by atoms with Gasteiger partial charge in [-0.05, 0) is 60.7 Å². The molecule has 1 aliphatic heterocycles. The minimum absolute atomic E-state index is 0.0857. The first-order chi connectivity index (χ1) is 19.4. The number of aryl methyl sites for hydroxylation is 1. The Kier molecular flexibility index (Phi) is 10.4. The lowest BCUT2D eigenvalue weighted by atomic mass is 10.1. The van der Waals surface area contributed by atoms with Gasteiger partial charge in [0, 0.05) is 51.0 Å². The number of rotatable bonds is 11. The molecule has 3 aromatic carbocycles. The number of carbonyl (C=O) groups is 1. The maximum atomic E-state index is 11.3. The second kappa shape index (κ2) is 14.4. The zero-order chi connectivity index (χ0) is 28.3. The van der Waals surface area contributed by atoms with Gasteiger partial charge in [-0.3, -0.25) is 19.7 Å². The van der Waals surface area contributed by atoms with Crippen LogP contribution < -0.4 is 10.2 Å². The molecule has 8 nitrogen and oxygen atoms in total. The van der Waals surface area contributed by atoms with Crippen molar-refractivity contribution in [1.82, 2.24) is 4.90 Å². The average molecular weight is 542 g/mol. The molecule has 0 bridgehead atoms. The summed E-state index contributed by atoms with van der Waals surface area (Å²) in [6.45, 7) is 7.61. The minimum Gasteiger partial charge on any atom is -0.481 e. The Balaban J connectivity index is 1.47. The first-order valence-corrected chi connectivity index (χ1v) is 13.9. The van der Waals surface area contributed by atoms with Crippen LogP contribution in [0.2, 0.25) is 0 Å². The van der Waals surface area contributed by atoms with E-state index < -0.39 is 12.2 Å². The number of nitrogens with zero attached hydrogens (tertiary/aromatic N) is 4. The lowest BCUT2D eigenvalue weighted by Gasteiger charge is -2.38. The fraction of sp³-hybridized carbons (Fsp3) is 0.344. The van der Waals surface area contributed by atoms with Crippen LogP contribution in [0.15, 0.2) is 82.8 Å². The summed E-state index contributed by atoms with van der Waals surface area (Å²) < 4.78 is 0. The molecule has 1 saturated heterocycles. The van der Waals surface area contributed by atoms with Gasteiger partial charge in [-0.15, -0.1) is 0 Å². The molecule has 0 saturated carbocycles. The number of anilines is 2. The molecular weight excluding hydrogens is 502 g/mol. The lowest BCUT2D eigenvalue weighted by molar-refractivity contribution is -0.137. The Bertz CT molecular complexity index is 1300. The number of piperazine rings is 1. The molecule has 0 aliphatic carbocycles. The highest BCUT2D eigenvalue weighted by atomic mass is 16.4. The normalized spacial score (nSPS) is 15.4. The van der Waals surface area contributed by atoms with E-state index in [0.29, 0.717) is 18.8 Å². The minimum atomic E-state index is -0.824. The Hall–Kier alpha value is -4.01. The van der Waals surface area contributed by atoms with Gasteiger partial charge < -0.3 is 20.4 Å². The van der Waals surface area contributed by atoms with Crippen molar-refractivity contribution in [2.75, 3.05) is 42.9 Å². The number of carboxylic acids is 1. The number of aliphatic hydroxyl groups is 1. The average Bonchev–Trinajstić information content (AvgIpc) is 2.99. The number of aliphatic imine (C=N–C) groups is 2. The largest absolute Gasteiger partial charge is 0.481 e. The van der Waals surface area contributed by atoms with Crippen LogP contribution in [-0.4, -0.2) is 65.9 Å². The second-order valence-corrected chi connectivity index (χ2v) is 9.95. The predicted molar refractivity (Wildman–Crippen MR) is 163 cm³/mol. The number of aliphatic hydroxyl groups excluding tert-OH is 1. The quantitative estimate of drug-likeness (QED) is 0.168. The molecule has 4 rings (SSSR count). The van der Waals surface area contributed by atoms with E-state index in [4.69, 9.17) is 10.1 Å². The van der Waals surface area contributed by atoms with Crippen LogP contribution in [-0.2, 0) is 11.2 Å². The van der Waals surface area contributed by atoms with Gasteiger partial charge in [-0.2, -0.15) is 0 Å². The predicted octanol–water partition coefficient (Wildman–Crippen LogP) is 5.51. The molecule has 3 aromatic rings. The summed E-state index contributed by atoms with van der Waals surface area (Å²) in [5.41, 5.74) is 5.77. The van der Waals surface area contributed by atoms with Crippen molar-refractivity contribution in [2.24, 2.45) is 9.98 Å². The highest BCUT2D eigenvalue weighted by Crippen LogP contribution is 2.31. The van der Waals surface area contributed by atoms with Crippen molar-refractivity contribution >= 4 is 35.1 Å². The van der Waals surface area contributed by atoms with E-state index in [-0.39, 0.29) is 6.42 Å². The summed E-state index contributed by atoms with van der Waals surface area (Å²) >= 11 is 0. The van der Waals surface area contributed by atoms with Gasteiger partial charge >= 0.3 is 5.97 Å². The molecule has 0 aromatic heterocycles. The highest BCUT2D eigenvalue weighted by Gasteiger charge is 2.24. The Morgan fingerprint density at radius 2 is 1.75 bits per heavy atom. The molecule has 1 heterocycles. The topological polar surface area (TPSA) is 101 Å². The standard InChI is InChI=1S/C32H39N5O3/c1-3-25-11-14-28(15-12-25)36-18-20-37(21-19-36)32(40)27-13-16-29(34-23-26-8-5-4-6-9-26)30(22-27)35-24(2)33-17-7-10-31(38)39/h4-6,8-9,11-16,22-23,32,40H,3,7,10,17-21H2,1-2H3,(H,33,35)(H,38,39). The molecule has 1 aliphatic rings. The van der Waals surface area contributed by atoms with E-state index in [0.717, 1.165) is 55.1 Å². The summed E-state index contributed by atoms with van der Waals surface area (Å²) in [7, 11) is 0. The number of hydrogen-bond acceptors (Lipinski definition) is 6. The van der Waals surface area contributed by atoms with Gasteiger partial charge in [-0.1, -0.05) is 55.5 Å². The van der Waals surface area contributed by atoms with Gasteiger partial charge in [0.2, 0.25) is 0 Å². The third-order valence-electron chi connectivity index (χ3n) is 7.05. The maximum absolute atomic E-state index is 11.3. The summed E-state index contributed by atoms with van der Waals surface area (Å²) in [6.07, 6.45) is 2.65. The lowest BCUT2D eigenvalue weighted by Crippen LogP contribution is -2.47. The molecular formula is C32H39N5O3. The van der Waals surface area contributed by atoms with Crippen LogP contribution in [0.25, 0.3) is 0 Å². The summed E-state index contributed by atoms with van der Waals surface area (Å²) in [5.74, 6) is -0.161. The molecule has 0 radical (unpaired) electrons. The van der Waals surface area contributed by atoms with Crippen molar-refractivity contribution < 1.29 is 15.0 Å². The zero-order valence-corrected chi connectivity index (χ0v) is 23.3. The van der Waals surface area contributed by atoms with Crippen LogP contribution >= 0.6 is 0 Å². The Labute approximate surface area is 236 Å². The third kappa shape index (κ3) is 8.24. The van der Waals surface area contributed by atoms with Crippen molar-refractivity contribution in [2.45, 2.75) is 39.3 Å². The molecule has 40 heavy (non-hydrogen) atoms. The first-order valence-electron chi connectivity index (χ1n) is 13.9. The van der Waals surface area contributed by atoms with Crippen molar-refractivity contribution in [3.8, 4) is 0 Å². The molecule has 0 amide bonds. The SMILES string of the molecule is CCc1ccc(N2CCN(C(O)c3ccc(N=Cc4ccccc4)c(NC(C)=NCCCC(=O)O)c3)CC2)cc1. The number of benzene rings is 3. The molecule has 1 unspecified atom stereocenters. The van der Waals surface area contributed by atoms with E-state index >= 15 is 0 Å². The first kappa shape index (κ1) is 29.0. The molecule has 1 fully saturated rings. The Morgan fingerprint density at radius 1 is 1.02 bits per heavy atom. The number of nitrogens with one attached hydrogen (secondary N) is 1. The Morgan fingerprint density at radius 3 is 2.42 bits per heavy atom. The van der Waals surface area contributed by atoms with Crippen molar-refractivity contribution in [1.29, 1.82) is 0 Å². The number of aliphatic carboxylic acids is 1. The highest BCUT2D eigenvalue weighted by molar-refractivity contribution is 5.97. The third-order valence-corrected chi connectivity index (χ3v) is 7.05. The van der Waals surface area contributed by atoms with Crippen molar-refractivity contribution in [3.63, 3.8) is 0 Å². The van der Waals surface area contributed by atoms with E-state index in [1.54, 1.807) is 0 Å². The fourth-order valence-electron chi connectivity index (χ4n) is 4.70. The van der Waals surface area contributed by atoms with Gasteiger partial charge in [0.15, 0.2) is 0 Å². The van der Waals surface area contributed by atoms with Gasteiger partial charge in [-0.25, -0.2) is 0 Å². The van der Waals surface area contributed by atoms with E-state index in [1.807, 2.05) is 61.7 Å². The molecule has 3 N–H and O–H groups in total. The van der Waals surface area contributed by atoms with Crippen molar-refractivity contribution in [3.05, 3.63) is 89.5 Å². The monoisotopic (exact) mass is 541 g/mol. The summed E-state index contributed by atoms with van der Waals surface area (Å²) in [4.78, 5) is 24.4. The number of amidine groups is 1. The molecule has 210 valence electrons.